The number of rotatable bonds is 15. The quantitative estimate of drug-likeness (QED) is 0.0540. The molecule has 0 aliphatic carbocycles. The molecule has 0 saturated heterocycles. The van der Waals surface area contributed by atoms with Gasteiger partial charge >= 0.3 is 5.97 Å². The zero-order valence-corrected chi connectivity index (χ0v) is 35.3. The number of fused-ring (bicyclic) bond motifs is 1. The van der Waals surface area contributed by atoms with Crippen LogP contribution in [-0.4, -0.2) is 69.0 Å². The molecular formula is C45H44N4O9S2. The molecule has 1 aromatic heterocycles. The Balaban J connectivity index is 1.29. The molecule has 4 aromatic carbocycles. The van der Waals surface area contributed by atoms with E-state index in [4.69, 9.17) is 18.9 Å². The fourth-order valence-electron chi connectivity index (χ4n) is 6.50. The Kier molecular flexibility index (Phi) is 14.3. The number of hydrogen-bond donors (Lipinski definition) is 3. The Morgan fingerprint density at radius 1 is 0.833 bits per heavy atom. The molecule has 1 aliphatic heterocycles. The van der Waals surface area contributed by atoms with Crippen LogP contribution in [0.5, 0.6) is 17.2 Å². The molecule has 0 radical (unpaired) electrons. The van der Waals surface area contributed by atoms with Gasteiger partial charge in [0.15, 0.2) is 11.5 Å². The summed E-state index contributed by atoms with van der Waals surface area (Å²) in [4.78, 5) is 70.5. The van der Waals surface area contributed by atoms with Gasteiger partial charge in [-0.25, -0.2) is 4.79 Å². The van der Waals surface area contributed by atoms with Gasteiger partial charge < -0.3 is 39.8 Å². The third-order valence-corrected chi connectivity index (χ3v) is 11.8. The molecule has 3 N–H and O–H groups in total. The molecule has 4 amide bonds. The molecule has 310 valence electrons. The summed E-state index contributed by atoms with van der Waals surface area (Å²) in [6, 6.07) is 27.9. The van der Waals surface area contributed by atoms with Gasteiger partial charge in [-0.05, 0) is 66.9 Å². The van der Waals surface area contributed by atoms with Gasteiger partial charge in [0.1, 0.15) is 21.7 Å². The second-order valence-electron chi connectivity index (χ2n) is 13.3. The number of nitrogens with one attached hydrogen (secondary N) is 3. The lowest BCUT2D eigenvalue weighted by atomic mass is 10.0. The van der Waals surface area contributed by atoms with E-state index in [1.807, 2.05) is 36.4 Å². The predicted octanol–water partition coefficient (Wildman–Crippen LogP) is 7.74. The Labute approximate surface area is 356 Å². The van der Waals surface area contributed by atoms with Crippen molar-refractivity contribution in [3.63, 3.8) is 0 Å². The first-order valence-corrected chi connectivity index (χ1v) is 20.6. The van der Waals surface area contributed by atoms with Crippen molar-refractivity contribution < 1.29 is 42.9 Å². The second-order valence-corrected chi connectivity index (χ2v) is 15.6. The number of thiophene rings is 1. The lowest BCUT2D eigenvalue weighted by Gasteiger charge is -2.25. The third kappa shape index (κ3) is 10.2. The monoisotopic (exact) mass is 848 g/mol. The molecular weight excluding hydrogens is 805 g/mol. The van der Waals surface area contributed by atoms with Crippen LogP contribution >= 0.6 is 23.1 Å². The molecule has 2 heterocycles. The van der Waals surface area contributed by atoms with E-state index in [0.717, 1.165) is 10.4 Å². The molecule has 1 aliphatic rings. The molecule has 15 heteroatoms. The standard InChI is InChI=1S/C45H44N4O9S2/c1-6-58-45(54)39-33-20-21-49(27(2)50)26-38(33)60-44(39)48-43(53)40(28-14-9-7-10-15-28)59-32-19-13-18-31(24-32)46-42(52)34(47-41(51)29-16-11-8-12-17-29)22-30-23-36(56-4)37(57-5)25-35(30)55-3/h7-19,22-25,40H,6,20-21,26H2,1-5H3,(H,46,52)(H,47,51)(H,48,53)/b34-22+. The van der Waals surface area contributed by atoms with Gasteiger partial charge in [0.2, 0.25) is 11.8 Å². The topological polar surface area (TPSA) is 162 Å². The Hall–Kier alpha value is -6.58. The first-order valence-electron chi connectivity index (χ1n) is 18.9. The summed E-state index contributed by atoms with van der Waals surface area (Å²) in [5.74, 6) is -0.964. The number of esters is 1. The van der Waals surface area contributed by atoms with Crippen LogP contribution in [-0.2, 0) is 32.1 Å². The minimum atomic E-state index is -0.793. The highest BCUT2D eigenvalue weighted by atomic mass is 32.2. The summed E-state index contributed by atoms with van der Waals surface area (Å²) in [5, 5.41) is 8.22. The van der Waals surface area contributed by atoms with Crippen molar-refractivity contribution >= 4 is 69.5 Å². The molecule has 13 nitrogen and oxygen atoms in total. The highest BCUT2D eigenvalue weighted by Gasteiger charge is 2.32. The fourth-order valence-corrected chi connectivity index (χ4v) is 8.84. The van der Waals surface area contributed by atoms with Crippen LogP contribution in [0.25, 0.3) is 6.08 Å². The largest absolute Gasteiger partial charge is 0.496 e. The van der Waals surface area contributed by atoms with Gasteiger partial charge in [0, 0.05) is 46.1 Å². The molecule has 0 bridgehead atoms. The molecule has 0 saturated carbocycles. The molecule has 1 atom stereocenters. The van der Waals surface area contributed by atoms with Gasteiger partial charge in [-0.15, -0.1) is 23.1 Å². The normalized spacial score (nSPS) is 12.7. The van der Waals surface area contributed by atoms with Gasteiger partial charge in [0.25, 0.3) is 11.8 Å². The highest BCUT2D eigenvalue weighted by molar-refractivity contribution is 8.00. The fraction of sp³-hybridized carbons (Fsp3) is 0.222. The van der Waals surface area contributed by atoms with E-state index in [-0.39, 0.29) is 24.1 Å². The maximum absolute atomic E-state index is 14.3. The number of hydrogen-bond acceptors (Lipinski definition) is 11. The van der Waals surface area contributed by atoms with Crippen molar-refractivity contribution in [3.8, 4) is 17.2 Å². The van der Waals surface area contributed by atoms with Crippen molar-refractivity contribution in [2.45, 2.75) is 37.0 Å². The van der Waals surface area contributed by atoms with E-state index in [2.05, 4.69) is 16.0 Å². The van der Waals surface area contributed by atoms with E-state index in [9.17, 15) is 24.0 Å². The van der Waals surface area contributed by atoms with Crippen molar-refractivity contribution in [1.29, 1.82) is 0 Å². The van der Waals surface area contributed by atoms with E-state index in [1.54, 1.807) is 72.5 Å². The summed E-state index contributed by atoms with van der Waals surface area (Å²) in [5.41, 5.74) is 2.87. The first kappa shape index (κ1) is 43.0. The average Bonchev–Trinajstić information content (AvgIpc) is 3.62. The minimum Gasteiger partial charge on any atom is -0.496 e. The molecule has 0 spiro atoms. The summed E-state index contributed by atoms with van der Waals surface area (Å²) in [7, 11) is 4.46. The number of carbonyl (C=O) groups is 5. The van der Waals surface area contributed by atoms with E-state index in [0.29, 0.717) is 74.6 Å². The minimum absolute atomic E-state index is 0.0707. The first-order chi connectivity index (χ1) is 29.0. The molecule has 0 fully saturated rings. The summed E-state index contributed by atoms with van der Waals surface area (Å²) < 4.78 is 21.9. The summed E-state index contributed by atoms with van der Waals surface area (Å²) in [6.07, 6.45) is 1.94. The van der Waals surface area contributed by atoms with E-state index >= 15 is 0 Å². The lowest BCUT2D eigenvalue weighted by molar-refractivity contribution is -0.129. The molecule has 6 rings (SSSR count). The van der Waals surface area contributed by atoms with Crippen molar-refractivity contribution in [2.75, 3.05) is 45.1 Å². The van der Waals surface area contributed by atoms with E-state index < -0.39 is 23.0 Å². The number of anilines is 2. The number of ether oxygens (including phenoxy) is 4. The maximum atomic E-state index is 14.3. The number of benzene rings is 4. The van der Waals surface area contributed by atoms with E-state index in [1.165, 1.54) is 57.4 Å². The van der Waals surface area contributed by atoms with Crippen molar-refractivity contribution in [3.05, 3.63) is 135 Å². The Bertz CT molecular complexity index is 2420. The van der Waals surface area contributed by atoms with Gasteiger partial charge in [-0.3, -0.25) is 19.2 Å². The lowest BCUT2D eigenvalue weighted by Crippen LogP contribution is -2.34. The number of thioether (sulfide) groups is 1. The molecule has 1 unspecified atom stereocenters. The van der Waals surface area contributed by atoms with Crippen LogP contribution in [0, 0.1) is 0 Å². The number of carbonyl (C=O) groups excluding carboxylic acids is 5. The van der Waals surface area contributed by atoms with Crippen LogP contribution in [0.15, 0.2) is 108 Å². The van der Waals surface area contributed by atoms with Gasteiger partial charge in [-0.2, -0.15) is 0 Å². The number of amides is 4. The van der Waals surface area contributed by atoms with Crippen molar-refractivity contribution in [1.82, 2.24) is 10.2 Å². The zero-order chi connectivity index (χ0) is 42.8. The zero-order valence-electron chi connectivity index (χ0n) is 33.7. The number of nitrogens with zero attached hydrogens (tertiary/aromatic N) is 1. The highest BCUT2D eigenvalue weighted by Crippen LogP contribution is 2.42. The van der Waals surface area contributed by atoms with Gasteiger partial charge in [0.05, 0.1) is 40.0 Å². The predicted molar refractivity (Wildman–Crippen MR) is 232 cm³/mol. The summed E-state index contributed by atoms with van der Waals surface area (Å²) >= 11 is 2.52. The Morgan fingerprint density at radius 3 is 2.18 bits per heavy atom. The van der Waals surface area contributed by atoms with Crippen LogP contribution in [0.1, 0.15) is 61.4 Å². The SMILES string of the molecule is CCOC(=O)c1c(NC(=O)C(Sc2cccc(NC(=O)/C(=C\c3cc(OC)c(OC)cc3OC)NC(=O)c3ccccc3)c2)c2ccccc2)sc2c1CCN(C(C)=O)C2. The van der Waals surface area contributed by atoms with Gasteiger partial charge in [-0.1, -0.05) is 54.6 Å². The molecule has 5 aromatic rings. The maximum Gasteiger partial charge on any atom is 0.341 e. The second kappa shape index (κ2) is 19.9. The average molecular weight is 849 g/mol. The summed E-state index contributed by atoms with van der Waals surface area (Å²) in [6.45, 7) is 4.18. The van der Waals surface area contributed by atoms with Crippen LogP contribution in [0.2, 0.25) is 0 Å². The van der Waals surface area contributed by atoms with Crippen LogP contribution < -0.4 is 30.2 Å². The molecule has 60 heavy (non-hydrogen) atoms. The Morgan fingerprint density at radius 2 is 1.52 bits per heavy atom. The van der Waals surface area contributed by atoms with Crippen LogP contribution in [0.3, 0.4) is 0 Å². The van der Waals surface area contributed by atoms with Crippen LogP contribution in [0.4, 0.5) is 10.7 Å². The van der Waals surface area contributed by atoms with Crippen molar-refractivity contribution in [2.24, 2.45) is 0 Å². The third-order valence-electron chi connectivity index (χ3n) is 9.47. The number of methoxy groups -OCH3 is 3. The smallest absolute Gasteiger partial charge is 0.341 e.